The smallest absolute Gasteiger partial charge is 0.341 e. The number of ether oxygens (including phenoxy) is 7. The second-order valence-electron chi connectivity index (χ2n) is 14.5. The van der Waals surface area contributed by atoms with E-state index in [-0.39, 0.29) is 11.8 Å². The molecule has 3 atom stereocenters. The molecule has 0 unspecified atom stereocenters. The summed E-state index contributed by atoms with van der Waals surface area (Å²) in [6.45, 7) is -0.0684. The fourth-order valence-corrected chi connectivity index (χ4v) is 8.15. The highest BCUT2D eigenvalue weighted by Gasteiger charge is 2.41. The Kier molecular flexibility index (Phi) is 15.5. The number of carbonyl (C=O) groups is 3. The number of rotatable bonds is 17. The molecule has 1 aliphatic heterocycles. The van der Waals surface area contributed by atoms with Crippen molar-refractivity contribution in [2.24, 2.45) is 5.92 Å². The van der Waals surface area contributed by atoms with E-state index in [0.717, 1.165) is 62.5 Å². The van der Waals surface area contributed by atoms with Gasteiger partial charge >= 0.3 is 11.9 Å². The Bertz CT molecular complexity index is 1730. The molecule has 0 aromatic heterocycles. The number of esters is 1. The fraction of sp³-hybridized carbons (Fsp3) is 0.523. The summed E-state index contributed by atoms with van der Waals surface area (Å²) in [7, 11) is 7.88. The molecule has 2 aliphatic carbocycles. The van der Waals surface area contributed by atoms with E-state index in [2.05, 4.69) is 0 Å². The normalized spacial score (nSPS) is 18.8. The average molecular weight is 776 g/mol. The maximum Gasteiger partial charge on any atom is 0.341 e. The van der Waals surface area contributed by atoms with Crippen LogP contribution in [-0.4, -0.2) is 82.6 Å². The molecule has 3 aliphatic rings. The maximum absolute atomic E-state index is 15.1. The van der Waals surface area contributed by atoms with Crippen molar-refractivity contribution in [3.8, 4) is 23.0 Å². The summed E-state index contributed by atoms with van der Waals surface area (Å²) >= 11 is 0. The van der Waals surface area contributed by atoms with Crippen LogP contribution in [0.25, 0.3) is 0 Å². The number of aliphatic carboxylic acids is 1. The number of piperidine rings is 1. The summed E-state index contributed by atoms with van der Waals surface area (Å²) in [5.74, 6) is 0.906. The number of allylic oxidation sites excluding steroid dienone is 4. The van der Waals surface area contributed by atoms with Crippen LogP contribution in [0.3, 0.4) is 0 Å². The Morgan fingerprint density at radius 1 is 0.786 bits per heavy atom. The SMILES string of the molecule is COC1=CC=C(CC[C@@H](OC(=O)[C@@H]2CCCCN2C(=O)[C@H](c2cc(OC)c(OC)c(OC)c2)C2CCCCCC2)c2cccc(OCC(=O)O)c2)CC=C1OC. The number of carboxylic acids is 1. The first-order valence-electron chi connectivity index (χ1n) is 19.6. The van der Waals surface area contributed by atoms with Crippen molar-refractivity contribution in [2.45, 2.75) is 95.1 Å². The Morgan fingerprint density at radius 2 is 1.48 bits per heavy atom. The van der Waals surface area contributed by atoms with Crippen LogP contribution in [0, 0.1) is 5.92 Å². The van der Waals surface area contributed by atoms with Crippen molar-refractivity contribution in [2.75, 3.05) is 48.7 Å². The Labute approximate surface area is 330 Å². The van der Waals surface area contributed by atoms with Gasteiger partial charge in [-0.05, 0) is 105 Å². The molecule has 1 saturated heterocycles. The Balaban J connectivity index is 1.45. The molecular weight excluding hydrogens is 718 g/mol. The van der Waals surface area contributed by atoms with Crippen LogP contribution in [-0.2, 0) is 28.6 Å². The second-order valence-corrected chi connectivity index (χ2v) is 14.5. The van der Waals surface area contributed by atoms with Crippen LogP contribution in [0.4, 0.5) is 0 Å². The van der Waals surface area contributed by atoms with Crippen molar-refractivity contribution in [1.29, 1.82) is 0 Å². The molecule has 2 aromatic rings. The van der Waals surface area contributed by atoms with Crippen molar-refractivity contribution in [1.82, 2.24) is 4.90 Å². The average Bonchev–Trinajstić information content (AvgIpc) is 3.62. The van der Waals surface area contributed by atoms with Gasteiger partial charge < -0.3 is 43.2 Å². The lowest BCUT2D eigenvalue weighted by atomic mass is 9.79. The van der Waals surface area contributed by atoms with Gasteiger partial charge in [0.05, 0.1) is 41.5 Å². The van der Waals surface area contributed by atoms with Gasteiger partial charge in [0.2, 0.25) is 11.7 Å². The van der Waals surface area contributed by atoms with E-state index in [0.29, 0.717) is 72.3 Å². The Morgan fingerprint density at radius 3 is 2.12 bits per heavy atom. The van der Waals surface area contributed by atoms with Crippen molar-refractivity contribution in [3.63, 3.8) is 0 Å². The van der Waals surface area contributed by atoms with Crippen LogP contribution in [0.2, 0.25) is 0 Å². The largest absolute Gasteiger partial charge is 0.493 e. The van der Waals surface area contributed by atoms with Crippen molar-refractivity contribution >= 4 is 17.8 Å². The van der Waals surface area contributed by atoms with E-state index in [1.54, 1.807) is 58.6 Å². The fourth-order valence-electron chi connectivity index (χ4n) is 8.15. The molecule has 1 saturated carbocycles. The minimum absolute atomic E-state index is 0.0703. The summed E-state index contributed by atoms with van der Waals surface area (Å²) in [4.78, 5) is 42.6. The number of benzene rings is 2. The second kappa shape index (κ2) is 20.7. The number of hydrogen-bond donors (Lipinski definition) is 1. The third kappa shape index (κ3) is 10.6. The molecule has 5 rings (SSSR count). The number of nitrogens with zero attached hydrogens (tertiary/aromatic N) is 1. The van der Waals surface area contributed by atoms with Crippen LogP contribution >= 0.6 is 0 Å². The highest BCUT2D eigenvalue weighted by atomic mass is 16.5. The van der Waals surface area contributed by atoms with Crippen LogP contribution in [0.15, 0.2) is 71.7 Å². The first-order valence-corrected chi connectivity index (χ1v) is 19.6. The monoisotopic (exact) mass is 775 g/mol. The van der Waals surface area contributed by atoms with Crippen LogP contribution in [0.5, 0.6) is 23.0 Å². The van der Waals surface area contributed by atoms with Crippen LogP contribution < -0.4 is 18.9 Å². The first-order chi connectivity index (χ1) is 27.2. The minimum Gasteiger partial charge on any atom is -0.493 e. The predicted octanol–water partition coefficient (Wildman–Crippen LogP) is 8.07. The van der Waals surface area contributed by atoms with E-state index in [9.17, 15) is 14.7 Å². The molecule has 12 nitrogen and oxygen atoms in total. The third-order valence-electron chi connectivity index (χ3n) is 11.0. The number of methoxy groups -OCH3 is 5. The van der Waals surface area contributed by atoms with E-state index >= 15 is 4.79 Å². The topological polar surface area (TPSA) is 139 Å². The van der Waals surface area contributed by atoms with E-state index in [4.69, 9.17) is 33.2 Å². The molecule has 1 heterocycles. The lowest BCUT2D eigenvalue weighted by molar-refractivity contribution is -0.163. The van der Waals surface area contributed by atoms with Gasteiger partial charge in [-0.15, -0.1) is 0 Å². The van der Waals surface area contributed by atoms with Crippen molar-refractivity contribution < 1.29 is 52.6 Å². The number of carboxylic acid groups (broad SMARTS) is 1. The van der Waals surface area contributed by atoms with Gasteiger partial charge in [0.15, 0.2) is 29.6 Å². The predicted molar refractivity (Wildman–Crippen MR) is 210 cm³/mol. The molecule has 12 heteroatoms. The molecule has 1 amide bonds. The summed E-state index contributed by atoms with van der Waals surface area (Å²) < 4.78 is 40.0. The summed E-state index contributed by atoms with van der Waals surface area (Å²) in [5.41, 5.74) is 2.52. The third-order valence-corrected chi connectivity index (χ3v) is 11.0. The molecule has 0 bridgehead atoms. The van der Waals surface area contributed by atoms with Gasteiger partial charge in [-0.1, -0.05) is 49.5 Å². The number of amides is 1. The molecule has 56 heavy (non-hydrogen) atoms. The van der Waals surface area contributed by atoms with E-state index < -0.39 is 36.6 Å². The lowest BCUT2D eigenvalue weighted by Gasteiger charge is -2.39. The highest BCUT2D eigenvalue weighted by molar-refractivity contribution is 5.89. The van der Waals surface area contributed by atoms with Crippen LogP contribution in [0.1, 0.15) is 100 Å². The summed E-state index contributed by atoms with van der Waals surface area (Å²) in [5, 5.41) is 9.22. The van der Waals surface area contributed by atoms with Gasteiger partial charge in [-0.3, -0.25) is 4.79 Å². The van der Waals surface area contributed by atoms with Gasteiger partial charge in [-0.2, -0.15) is 0 Å². The van der Waals surface area contributed by atoms with E-state index in [1.807, 2.05) is 36.4 Å². The molecule has 0 radical (unpaired) electrons. The van der Waals surface area contributed by atoms with Gasteiger partial charge in [0, 0.05) is 6.54 Å². The number of likely N-dealkylation sites (tertiary alicyclic amines) is 1. The Hall–Kier alpha value is -5.13. The molecule has 0 spiro atoms. The standard InChI is InChI=1S/C44H57NO11/c1-50-36-22-19-29(20-23-37(36)51-2)18-21-35(31-15-12-16-33(25-31)55-28-40(46)47)56-44(49)34-17-10-11-24-45(34)43(48)41(30-13-8-6-7-9-14-30)32-26-38(52-3)42(54-5)39(27-32)53-4/h12,15-16,19,22-23,25-27,30,34-35,41H,6-11,13-14,17-18,20-21,24,28H2,1-5H3,(H,46,47)/t34-,35+,41-/m0/s1. The maximum atomic E-state index is 15.1. The van der Waals surface area contributed by atoms with Gasteiger partial charge in [0.1, 0.15) is 17.9 Å². The summed E-state index contributed by atoms with van der Waals surface area (Å²) in [6.07, 6.45) is 14.9. The number of hydrogen-bond acceptors (Lipinski definition) is 10. The zero-order valence-electron chi connectivity index (χ0n) is 33.4. The molecule has 2 fully saturated rings. The molecule has 1 N–H and O–H groups in total. The zero-order valence-corrected chi connectivity index (χ0v) is 33.4. The van der Waals surface area contributed by atoms with Gasteiger partial charge in [-0.25, -0.2) is 9.59 Å². The molecule has 2 aromatic carbocycles. The van der Waals surface area contributed by atoms with E-state index in [1.165, 1.54) is 0 Å². The lowest BCUT2D eigenvalue weighted by Crippen LogP contribution is -2.51. The quantitative estimate of drug-likeness (QED) is 0.123. The minimum atomic E-state index is -1.10. The first kappa shape index (κ1) is 42.0. The summed E-state index contributed by atoms with van der Waals surface area (Å²) in [6, 6.07) is 9.95. The van der Waals surface area contributed by atoms with Gasteiger partial charge in [0.25, 0.3) is 0 Å². The van der Waals surface area contributed by atoms with Crippen molar-refractivity contribution in [3.05, 3.63) is 82.8 Å². The molecular formula is C44H57NO11. The zero-order chi connectivity index (χ0) is 40.0. The number of carbonyl (C=O) groups excluding carboxylic acids is 2. The molecule has 304 valence electrons. The highest BCUT2D eigenvalue weighted by Crippen LogP contribution is 2.45.